The number of benzene rings is 1. The minimum absolute atomic E-state index is 0.0732. The molecule has 1 fully saturated rings. The Morgan fingerprint density at radius 3 is 2.64 bits per heavy atom. The molecular weight excluding hydrogens is 438 g/mol. The SMILES string of the molecule is Cc1c(C(=O)Cc2cnc(N3CCC(CCO)CC3)c(C#N)c2)cnn1-c1ccc(Cl)cc1. The summed E-state index contributed by atoms with van der Waals surface area (Å²) >= 11 is 5.96. The molecular formula is C25H26ClN5O2. The fraction of sp³-hybridized carbons (Fsp3) is 0.360. The number of rotatable bonds is 7. The van der Waals surface area contributed by atoms with Gasteiger partial charge in [0.05, 0.1) is 28.7 Å². The van der Waals surface area contributed by atoms with Crippen LogP contribution in [-0.2, 0) is 6.42 Å². The Hall–Kier alpha value is -3.21. The van der Waals surface area contributed by atoms with Gasteiger partial charge < -0.3 is 10.0 Å². The summed E-state index contributed by atoms with van der Waals surface area (Å²) in [6.45, 7) is 3.70. The Labute approximate surface area is 198 Å². The number of carbonyl (C=O) groups excluding carboxylic acids is 1. The largest absolute Gasteiger partial charge is 0.396 e. The lowest BCUT2D eigenvalue weighted by Crippen LogP contribution is -2.35. The molecule has 1 aromatic carbocycles. The standard InChI is InChI=1S/C25H26ClN5O2/c1-17-23(16-29-31(17)22-4-2-21(26)3-5-22)24(33)13-19-12-20(14-27)25(28-15-19)30-9-6-18(7-10-30)8-11-32/h2-5,12,15-16,18,32H,6-11,13H2,1H3. The highest BCUT2D eigenvalue weighted by Gasteiger charge is 2.23. The molecule has 170 valence electrons. The van der Waals surface area contributed by atoms with Crippen LogP contribution in [0.5, 0.6) is 0 Å². The summed E-state index contributed by atoms with van der Waals surface area (Å²) in [7, 11) is 0. The van der Waals surface area contributed by atoms with E-state index in [0.717, 1.165) is 43.7 Å². The first-order valence-corrected chi connectivity index (χ1v) is 11.5. The number of piperidine rings is 1. The first kappa shape index (κ1) is 23.0. The third-order valence-electron chi connectivity index (χ3n) is 6.24. The van der Waals surface area contributed by atoms with E-state index in [1.807, 2.05) is 19.1 Å². The van der Waals surface area contributed by atoms with Crippen molar-refractivity contribution in [3.8, 4) is 11.8 Å². The number of pyridine rings is 1. The third-order valence-corrected chi connectivity index (χ3v) is 6.49. The minimum Gasteiger partial charge on any atom is -0.396 e. The first-order chi connectivity index (χ1) is 16.0. The molecule has 2 aromatic heterocycles. The molecule has 0 bridgehead atoms. The predicted molar refractivity (Wildman–Crippen MR) is 127 cm³/mol. The fourth-order valence-corrected chi connectivity index (χ4v) is 4.48. The summed E-state index contributed by atoms with van der Waals surface area (Å²) in [5, 5.41) is 23.9. The fourth-order valence-electron chi connectivity index (χ4n) is 4.35. The lowest BCUT2D eigenvalue weighted by Gasteiger charge is -2.33. The van der Waals surface area contributed by atoms with Crippen LogP contribution in [-0.4, -0.2) is 45.4 Å². The number of nitriles is 1. The highest BCUT2D eigenvalue weighted by molar-refractivity contribution is 6.30. The molecule has 1 aliphatic rings. The van der Waals surface area contributed by atoms with Gasteiger partial charge in [0.15, 0.2) is 5.78 Å². The first-order valence-electron chi connectivity index (χ1n) is 11.1. The van der Waals surface area contributed by atoms with Crippen LogP contribution in [0.3, 0.4) is 0 Å². The Morgan fingerprint density at radius 1 is 1.24 bits per heavy atom. The molecule has 1 aliphatic heterocycles. The topological polar surface area (TPSA) is 95.0 Å². The van der Waals surface area contributed by atoms with E-state index in [4.69, 9.17) is 16.7 Å². The molecule has 0 atom stereocenters. The molecule has 33 heavy (non-hydrogen) atoms. The number of aliphatic hydroxyl groups excluding tert-OH is 1. The van der Waals surface area contributed by atoms with Crippen LogP contribution in [0.15, 0.2) is 42.7 Å². The number of aromatic nitrogens is 3. The number of anilines is 1. The number of hydrogen-bond acceptors (Lipinski definition) is 6. The van der Waals surface area contributed by atoms with Crippen LogP contribution < -0.4 is 4.90 Å². The summed E-state index contributed by atoms with van der Waals surface area (Å²) in [5.41, 5.74) is 3.30. The summed E-state index contributed by atoms with van der Waals surface area (Å²) in [6, 6.07) is 11.3. The van der Waals surface area contributed by atoms with E-state index < -0.39 is 0 Å². The van der Waals surface area contributed by atoms with Crippen molar-refractivity contribution in [3.05, 3.63) is 70.1 Å². The van der Waals surface area contributed by atoms with E-state index in [9.17, 15) is 10.1 Å². The van der Waals surface area contributed by atoms with Crippen LogP contribution in [0.4, 0.5) is 5.82 Å². The van der Waals surface area contributed by atoms with E-state index in [-0.39, 0.29) is 18.8 Å². The smallest absolute Gasteiger partial charge is 0.170 e. The number of halogens is 1. The molecule has 0 aliphatic carbocycles. The monoisotopic (exact) mass is 463 g/mol. The van der Waals surface area contributed by atoms with Gasteiger partial charge in [0.25, 0.3) is 0 Å². The normalized spacial score (nSPS) is 14.3. The van der Waals surface area contributed by atoms with Gasteiger partial charge in [-0.25, -0.2) is 9.67 Å². The van der Waals surface area contributed by atoms with E-state index in [2.05, 4.69) is 21.1 Å². The molecule has 4 rings (SSSR count). The summed E-state index contributed by atoms with van der Waals surface area (Å²) in [5.74, 6) is 1.12. The highest BCUT2D eigenvalue weighted by atomic mass is 35.5. The number of Topliss-reactive ketones (excluding diaryl/α,β-unsaturated/α-hetero) is 1. The number of ketones is 1. The number of hydrogen-bond donors (Lipinski definition) is 1. The van der Waals surface area contributed by atoms with Gasteiger partial charge in [-0.3, -0.25) is 4.79 Å². The van der Waals surface area contributed by atoms with E-state index in [1.54, 1.807) is 35.3 Å². The van der Waals surface area contributed by atoms with Crippen LogP contribution in [0.2, 0.25) is 5.02 Å². The quantitative estimate of drug-likeness (QED) is 0.529. The molecule has 7 nitrogen and oxygen atoms in total. The van der Waals surface area contributed by atoms with Gasteiger partial charge in [-0.05, 0) is 68.0 Å². The van der Waals surface area contributed by atoms with Gasteiger partial charge >= 0.3 is 0 Å². The minimum atomic E-state index is -0.0732. The van der Waals surface area contributed by atoms with Crippen LogP contribution in [0.1, 0.15) is 46.4 Å². The third kappa shape index (κ3) is 5.08. The summed E-state index contributed by atoms with van der Waals surface area (Å²) < 4.78 is 1.71. The second kappa shape index (κ2) is 10.2. The molecule has 0 saturated carbocycles. The molecule has 0 unspecified atom stereocenters. The van der Waals surface area contributed by atoms with Crippen LogP contribution in [0, 0.1) is 24.2 Å². The second-order valence-corrected chi connectivity index (χ2v) is 8.84. The van der Waals surface area contributed by atoms with Crippen LogP contribution in [0.25, 0.3) is 5.69 Å². The molecule has 0 spiro atoms. The van der Waals surface area contributed by atoms with Crippen molar-refractivity contribution in [3.63, 3.8) is 0 Å². The van der Waals surface area contributed by atoms with Gasteiger partial charge in [0.1, 0.15) is 11.9 Å². The van der Waals surface area contributed by atoms with Gasteiger partial charge in [0, 0.05) is 37.3 Å². The Balaban J connectivity index is 1.48. The van der Waals surface area contributed by atoms with Crippen molar-refractivity contribution >= 4 is 23.2 Å². The van der Waals surface area contributed by atoms with E-state index in [1.165, 1.54) is 0 Å². The van der Waals surface area contributed by atoms with Crippen molar-refractivity contribution in [1.29, 1.82) is 5.26 Å². The zero-order chi connectivity index (χ0) is 23.4. The second-order valence-electron chi connectivity index (χ2n) is 8.40. The number of carbonyl (C=O) groups is 1. The Morgan fingerprint density at radius 2 is 1.97 bits per heavy atom. The molecule has 8 heteroatoms. The zero-order valence-electron chi connectivity index (χ0n) is 18.5. The van der Waals surface area contributed by atoms with Gasteiger partial charge in [0.2, 0.25) is 0 Å². The molecule has 1 saturated heterocycles. The average molecular weight is 464 g/mol. The maximum absolute atomic E-state index is 13.0. The van der Waals surface area contributed by atoms with Crippen molar-refractivity contribution in [2.45, 2.75) is 32.6 Å². The Bertz CT molecular complexity index is 1170. The van der Waals surface area contributed by atoms with Crippen LogP contribution >= 0.6 is 11.6 Å². The lowest BCUT2D eigenvalue weighted by molar-refractivity contribution is 0.0992. The molecule has 3 aromatic rings. The lowest BCUT2D eigenvalue weighted by atomic mass is 9.93. The number of aliphatic hydroxyl groups is 1. The molecule has 0 amide bonds. The highest BCUT2D eigenvalue weighted by Crippen LogP contribution is 2.27. The molecule has 3 heterocycles. The molecule has 1 N–H and O–H groups in total. The van der Waals surface area contributed by atoms with E-state index >= 15 is 0 Å². The van der Waals surface area contributed by atoms with Crippen molar-refractivity contribution < 1.29 is 9.90 Å². The van der Waals surface area contributed by atoms with Gasteiger partial charge in [-0.1, -0.05) is 11.6 Å². The van der Waals surface area contributed by atoms with Gasteiger partial charge in [-0.2, -0.15) is 10.4 Å². The predicted octanol–water partition coefficient (Wildman–Crippen LogP) is 4.13. The maximum atomic E-state index is 13.0. The van der Waals surface area contributed by atoms with Crippen molar-refractivity contribution in [2.75, 3.05) is 24.6 Å². The maximum Gasteiger partial charge on any atom is 0.170 e. The van der Waals surface area contributed by atoms with Crippen molar-refractivity contribution in [2.24, 2.45) is 5.92 Å². The molecule has 0 radical (unpaired) electrons. The van der Waals surface area contributed by atoms with Crippen molar-refractivity contribution in [1.82, 2.24) is 14.8 Å². The summed E-state index contributed by atoms with van der Waals surface area (Å²) in [4.78, 5) is 19.7. The van der Waals surface area contributed by atoms with E-state index in [0.29, 0.717) is 33.4 Å². The summed E-state index contributed by atoms with van der Waals surface area (Å²) in [6.07, 6.45) is 6.19. The number of nitrogens with zero attached hydrogens (tertiary/aromatic N) is 5. The average Bonchev–Trinajstić information content (AvgIpc) is 3.21. The zero-order valence-corrected chi connectivity index (χ0v) is 19.3. The Kier molecular flexibility index (Phi) is 7.07. The van der Waals surface area contributed by atoms with Gasteiger partial charge in [-0.15, -0.1) is 0 Å².